The maximum absolute atomic E-state index is 11.2. The molecule has 0 atom stereocenters. The first-order chi connectivity index (χ1) is 9.56. The Balaban J connectivity index is 2.70. The number of aryl methyl sites for hydroxylation is 1. The third-order valence-electron chi connectivity index (χ3n) is 3.04. The van der Waals surface area contributed by atoms with Crippen LogP contribution in [-0.4, -0.2) is 25.3 Å². The second-order valence-electron chi connectivity index (χ2n) is 4.43. The fraction of sp³-hybridized carbons (Fsp3) is 0.188. The normalized spacial score (nSPS) is 10.2. The molecule has 4 heteroatoms. The minimum atomic E-state index is -0.955. The fourth-order valence-corrected chi connectivity index (χ4v) is 2.19. The molecule has 0 aliphatic rings. The van der Waals surface area contributed by atoms with Crippen molar-refractivity contribution in [1.29, 1.82) is 0 Å². The zero-order valence-electron chi connectivity index (χ0n) is 11.6. The van der Waals surface area contributed by atoms with E-state index in [-0.39, 0.29) is 5.56 Å². The number of hydrogen-bond donors (Lipinski definition) is 1. The summed E-state index contributed by atoms with van der Waals surface area (Å²) < 4.78 is 10.7. The molecule has 0 unspecified atom stereocenters. The Morgan fingerprint density at radius 2 is 1.65 bits per heavy atom. The van der Waals surface area contributed by atoms with Gasteiger partial charge in [0.25, 0.3) is 0 Å². The van der Waals surface area contributed by atoms with Crippen LogP contribution in [0.3, 0.4) is 0 Å². The van der Waals surface area contributed by atoms with E-state index in [1.54, 1.807) is 26.4 Å². The number of hydrogen-bond acceptors (Lipinski definition) is 3. The quantitative estimate of drug-likeness (QED) is 0.927. The van der Waals surface area contributed by atoms with E-state index in [2.05, 4.69) is 0 Å². The van der Waals surface area contributed by atoms with Gasteiger partial charge in [-0.15, -0.1) is 0 Å². The lowest BCUT2D eigenvalue weighted by molar-refractivity contribution is 0.0697. The van der Waals surface area contributed by atoms with Crippen molar-refractivity contribution in [2.45, 2.75) is 6.92 Å². The van der Waals surface area contributed by atoms with Crippen LogP contribution in [0.15, 0.2) is 36.4 Å². The number of carboxylic acids is 1. The third kappa shape index (κ3) is 2.59. The number of benzene rings is 2. The van der Waals surface area contributed by atoms with Crippen LogP contribution in [0.1, 0.15) is 15.9 Å². The van der Waals surface area contributed by atoms with Crippen LogP contribution in [0.5, 0.6) is 11.5 Å². The molecule has 2 rings (SSSR count). The van der Waals surface area contributed by atoms with Gasteiger partial charge in [0, 0.05) is 0 Å². The van der Waals surface area contributed by atoms with Gasteiger partial charge in [0.15, 0.2) is 0 Å². The summed E-state index contributed by atoms with van der Waals surface area (Å²) in [7, 11) is 3.15. The maximum atomic E-state index is 11.2. The van der Waals surface area contributed by atoms with Crippen molar-refractivity contribution in [1.82, 2.24) is 0 Å². The van der Waals surface area contributed by atoms with Crippen LogP contribution in [0.4, 0.5) is 0 Å². The van der Waals surface area contributed by atoms with Crippen LogP contribution < -0.4 is 9.47 Å². The van der Waals surface area contributed by atoms with E-state index < -0.39 is 5.97 Å². The molecule has 104 valence electrons. The van der Waals surface area contributed by atoms with Crippen LogP contribution in [-0.2, 0) is 0 Å². The molecule has 0 aliphatic heterocycles. The summed E-state index contributed by atoms with van der Waals surface area (Å²) in [5, 5.41) is 9.17. The van der Waals surface area contributed by atoms with Crippen molar-refractivity contribution >= 4 is 5.97 Å². The summed E-state index contributed by atoms with van der Waals surface area (Å²) in [6, 6.07) is 10.6. The highest BCUT2D eigenvalue weighted by Gasteiger charge is 2.14. The van der Waals surface area contributed by atoms with E-state index in [0.29, 0.717) is 11.5 Å². The molecule has 0 fully saturated rings. The van der Waals surface area contributed by atoms with Crippen molar-refractivity contribution in [2.75, 3.05) is 14.2 Å². The molecular weight excluding hydrogens is 256 g/mol. The van der Waals surface area contributed by atoms with Crippen LogP contribution in [0, 0.1) is 6.92 Å². The Morgan fingerprint density at radius 1 is 1.05 bits per heavy atom. The molecule has 0 bridgehead atoms. The number of ether oxygens (including phenoxy) is 2. The molecular formula is C16H16O4. The first kappa shape index (κ1) is 13.9. The van der Waals surface area contributed by atoms with E-state index in [1.165, 1.54) is 0 Å². The summed E-state index contributed by atoms with van der Waals surface area (Å²) in [6.45, 7) is 1.86. The summed E-state index contributed by atoms with van der Waals surface area (Å²) in [5.41, 5.74) is 2.63. The maximum Gasteiger partial charge on any atom is 0.335 e. The highest BCUT2D eigenvalue weighted by molar-refractivity contribution is 5.91. The van der Waals surface area contributed by atoms with Crippen LogP contribution in [0.2, 0.25) is 0 Å². The molecule has 0 radical (unpaired) electrons. The van der Waals surface area contributed by atoms with E-state index >= 15 is 0 Å². The molecule has 4 nitrogen and oxygen atoms in total. The molecule has 0 saturated carbocycles. The molecule has 0 spiro atoms. The smallest absolute Gasteiger partial charge is 0.335 e. The number of carboxylic acid groups (broad SMARTS) is 1. The third-order valence-corrected chi connectivity index (χ3v) is 3.04. The predicted octanol–water partition coefficient (Wildman–Crippen LogP) is 3.38. The first-order valence-corrected chi connectivity index (χ1v) is 6.13. The molecule has 0 heterocycles. The fourth-order valence-electron chi connectivity index (χ4n) is 2.19. The van der Waals surface area contributed by atoms with Crippen molar-refractivity contribution in [3.8, 4) is 22.6 Å². The van der Waals surface area contributed by atoms with E-state index in [0.717, 1.165) is 16.7 Å². The zero-order valence-corrected chi connectivity index (χ0v) is 11.6. The number of methoxy groups -OCH3 is 2. The molecule has 2 aromatic rings. The predicted molar refractivity (Wildman–Crippen MR) is 76.7 cm³/mol. The van der Waals surface area contributed by atoms with E-state index in [4.69, 9.17) is 9.47 Å². The van der Waals surface area contributed by atoms with Gasteiger partial charge < -0.3 is 14.6 Å². The van der Waals surface area contributed by atoms with Gasteiger partial charge in [0.1, 0.15) is 11.5 Å². The van der Waals surface area contributed by atoms with Gasteiger partial charge in [-0.2, -0.15) is 0 Å². The average molecular weight is 272 g/mol. The Labute approximate surface area is 117 Å². The van der Waals surface area contributed by atoms with Gasteiger partial charge in [-0.05, 0) is 42.3 Å². The van der Waals surface area contributed by atoms with Crippen LogP contribution in [0.25, 0.3) is 11.1 Å². The zero-order chi connectivity index (χ0) is 14.7. The van der Waals surface area contributed by atoms with E-state index in [1.807, 2.05) is 31.2 Å². The summed E-state index contributed by atoms with van der Waals surface area (Å²) >= 11 is 0. The topological polar surface area (TPSA) is 55.8 Å². The van der Waals surface area contributed by atoms with Gasteiger partial charge in [-0.1, -0.05) is 12.1 Å². The number of rotatable bonds is 4. The average Bonchev–Trinajstić information content (AvgIpc) is 2.45. The molecule has 20 heavy (non-hydrogen) atoms. The lowest BCUT2D eigenvalue weighted by atomic mass is 9.98. The molecule has 0 aromatic heterocycles. The molecule has 1 N–H and O–H groups in total. The monoisotopic (exact) mass is 272 g/mol. The number of aromatic carboxylic acids is 1. The minimum Gasteiger partial charge on any atom is -0.496 e. The summed E-state index contributed by atoms with van der Waals surface area (Å²) in [6.07, 6.45) is 0. The van der Waals surface area contributed by atoms with Crippen molar-refractivity contribution in [3.63, 3.8) is 0 Å². The molecule has 0 aliphatic carbocycles. The minimum absolute atomic E-state index is 0.243. The van der Waals surface area contributed by atoms with Crippen LogP contribution >= 0.6 is 0 Å². The SMILES string of the molecule is COc1cccc(OC)c1-c1cc(C)cc(C(=O)O)c1. The summed E-state index contributed by atoms with van der Waals surface area (Å²) in [4.78, 5) is 11.2. The van der Waals surface area contributed by atoms with Gasteiger partial charge in [0.05, 0.1) is 25.3 Å². The second kappa shape index (κ2) is 5.65. The molecule has 0 saturated heterocycles. The molecule has 0 amide bonds. The molecule has 2 aromatic carbocycles. The van der Waals surface area contributed by atoms with Gasteiger partial charge in [-0.3, -0.25) is 0 Å². The van der Waals surface area contributed by atoms with E-state index in [9.17, 15) is 9.90 Å². The largest absolute Gasteiger partial charge is 0.496 e. The van der Waals surface area contributed by atoms with Gasteiger partial charge in [-0.25, -0.2) is 4.79 Å². The Morgan fingerprint density at radius 3 is 2.15 bits per heavy atom. The Hall–Kier alpha value is -2.49. The second-order valence-corrected chi connectivity index (χ2v) is 4.43. The van der Waals surface area contributed by atoms with Crippen molar-refractivity contribution in [2.24, 2.45) is 0 Å². The van der Waals surface area contributed by atoms with Crippen molar-refractivity contribution < 1.29 is 19.4 Å². The van der Waals surface area contributed by atoms with Gasteiger partial charge >= 0.3 is 5.97 Å². The highest BCUT2D eigenvalue weighted by atomic mass is 16.5. The Bertz CT molecular complexity index is 625. The lowest BCUT2D eigenvalue weighted by Crippen LogP contribution is -1.99. The van der Waals surface area contributed by atoms with Gasteiger partial charge in [0.2, 0.25) is 0 Å². The summed E-state index contributed by atoms with van der Waals surface area (Å²) in [5.74, 6) is 0.335. The first-order valence-electron chi connectivity index (χ1n) is 6.13. The highest BCUT2D eigenvalue weighted by Crippen LogP contribution is 2.38. The van der Waals surface area contributed by atoms with Crippen molar-refractivity contribution in [3.05, 3.63) is 47.5 Å². The number of carbonyl (C=O) groups is 1. The standard InChI is InChI=1S/C16H16O4/c1-10-7-11(9-12(8-10)16(17)18)15-13(19-2)5-4-6-14(15)20-3/h4-9H,1-3H3,(H,17,18). The Kier molecular flexibility index (Phi) is 3.94. The lowest BCUT2D eigenvalue weighted by Gasteiger charge is -2.14.